The van der Waals surface area contributed by atoms with Crippen molar-refractivity contribution in [1.82, 2.24) is 9.78 Å². The number of fused-ring (bicyclic) bond motifs is 1. The topological polar surface area (TPSA) is 64.0 Å². The van der Waals surface area contributed by atoms with Crippen LogP contribution in [-0.4, -0.2) is 15.7 Å². The van der Waals surface area contributed by atoms with Crippen LogP contribution in [0.2, 0.25) is 0 Å². The van der Waals surface area contributed by atoms with E-state index in [1.54, 1.807) is 36.4 Å². The molecule has 0 saturated carbocycles. The third kappa shape index (κ3) is 3.49. The summed E-state index contributed by atoms with van der Waals surface area (Å²) >= 11 is 0. The number of halogens is 1. The molecule has 0 bridgehead atoms. The summed E-state index contributed by atoms with van der Waals surface area (Å²) in [5.74, 6) is -0.890. The average Bonchev–Trinajstić information content (AvgIpc) is 2.60. The molecule has 134 valence electrons. The summed E-state index contributed by atoms with van der Waals surface area (Å²) in [7, 11) is 0. The van der Waals surface area contributed by atoms with Gasteiger partial charge < -0.3 is 5.32 Å². The Balaban J connectivity index is 2.11. The molecule has 1 amide bonds. The number of nitrogens with one attached hydrogen (secondary N) is 1. The standard InChI is InChI=1S/C20H20FN3O2/c1-12(2)11-24-20(26)15-7-5-4-6-14(15)18(23-24)19(25)22-17-10-13(3)8-9-16(17)21/h4-10,12H,11H2,1-3H3,(H,22,25). The van der Waals surface area contributed by atoms with Gasteiger partial charge in [-0.1, -0.05) is 38.1 Å². The van der Waals surface area contributed by atoms with Crippen LogP contribution in [0.4, 0.5) is 10.1 Å². The number of carbonyl (C=O) groups excluding carboxylic acids is 1. The number of benzene rings is 2. The van der Waals surface area contributed by atoms with E-state index in [4.69, 9.17) is 0 Å². The Labute approximate surface area is 150 Å². The molecule has 5 nitrogen and oxygen atoms in total. The van der Waals surface area contributed by atoms with Gasteiger partial charge in [0, 0.05) is 11.9 Å². The van der Waals surface area contributed by atoms with E-state index in [0.29, 0.717) is 17.3 Å². The molecular formula is C20H20FN3O2. The van der Waals surface area contributed by atoms with Gasteiger partial charge in [-0.3, -0.25) is 9.59 Å². The molecule has 2 aromatic carbocycles. The zero-order chi connectivity index (χ0) is 18.8. The van der Waals surface area contributed by atoms with E-state index < -0.39 is 11.7 Å². The largest absolute Gasteiger partial charge is 0.318 e. The molecule has 1 aromatic heterocycles. The average molecular weight is 353 g/mol. The van der Waals surface area contributed by atoms with Crippen LogP contribution >= 0.6 is 0 Å². The Bertz CT molecular complexity index is 1040. The highest BCUT2D eigenvalue weighted by Gasteiger charge is 2.18. The fourth-order valence-corrected chi connectivity index (χ4v) is 2.79. The van der Waals surface area contributed by atoms with Crippen molar-refractivity contribution in [3.63, 3.8) is 0 Å². The quantitative estimate of drug-likeness (QED) is 0.777. The Hall–Kier alpha value is -3.02. The van der Waals surface area contributed by atoms with Gasteiger partial charge in [-0.05, 0) is 36.6 Å². The first kappa shape index (κ1) is 17.8. The van der Waals surface area contributed by atoms with Crippen LogP contribution in [0.25, 0.3) is 10.8 Å². The zero-order valence-electron chi connectivity index (χ0n) is 14.9. The molecule has 1 N–H and O–H groups in total. The number of hydrogen-bond acceptors (Lipinski definition) is 3. The Morgan fingerprint density at radius 2 is 1.88 bits per heavy atom. The van der Waals surface area contributed by atoms with E-state index in [2.05, 4.69) is 10.4 Å². The van der Waals surface area contributed by atoms with E-state index in [0.717, 1.165) is 5.56 Å². The lowest BCUT2D eigenvalue weighted by Crippen LogP contribution is -2.29. The second-order valence-corrected chi connectivity index (χ2v) is 6.71. The van der Waals surface area contributed by atoms with Gasteiger partial charge in [-0.15, -0.1) is 0 Å². The van der Waals surface area contributed by atoms with Crippen LogP contribution in [0.3, 0.4) is 0 Å². The molecule has 0 radical (unpaired) electrons. The molecule has 0 fully saturated rings. The molecule has 0 aliphatic heterocycles. The summed E-state index contributed by atoms with van der Waals surface area (Å²) in [6.45, 7) is 6.13. The summed E-state index contributed by atoms with van der Waals surface area (Å²) in [6.07, 6.45) is 0. The lowest BCUT2D eigenvalue weighted by Gasteiger charge is -2.13. The lowest BCUT2D eigenvalue weighted by atomic mass is 10.1. The van der Waals surface area contributed by atoms with Gasteiger partial charge in [0.2, 0.25) is 0 Å². The molecule has 0 unspecified atom stereocenters. The first-order valence-electron chi connectivity index (χ1n) is 8.44. The summed E-state index contributed by atoms with van der Waals surface area (Å²) in [5.41, 5.74) is 0.765. The Kier molecular flexibility index (Phi) is 4.84. The van der Waals surface area contributed by atoms with Crippen molar-refractivity contribution in [3.05, 3.63) is 69.9 Å². The number of anilines is 1. The minimum atomic E-state index is -0.553. The predicted molar refractivity (Wildman–Crippen MR) is 99.9 cm³/mol. The number of rotatable bonds is 4. The maximum atomic E-state index is 14.0. The van der Waals surface area contributed by atoms with Gasteiger partial charge in [0.15, 0.2) is 5.69 Å². The molecule has 3 aromatic rings. The molecule has 0 aliphatic carbocycles. The third-order valence-electron chi connectivity index (χ3n) is 3.99. The summed E-state index contributed by atoms with van der Waals surface area (Å²) < 4.78 is 15.3. The predicted octanol–water partition coefficient (Wildman–Crippen LogP) is 3.75. The highest BCUT2D eigenvalue weighted by Crippen LogP contribution is 2.19. The fourth-order valence-electron chi connectivity index (χ4n) is 2.79. The Morgan fingerprint density at radius 1 is 1.19 bits per heavy atom. The first-order chi connectivity index (χ1) is 12.4. The van der Waals surface area contributed by atoms with Crippen LogP contribution in [0, 0.1) is 18.7 Å². The molecule has 6 heteroatoms. The van der Waals surface area contributed by atoms with Crippen molar-refractivity contribution in [2.75, 3.05) is 5.32 Å². The van der Waals surface area contributed by atoms with E-state index >= 15 is 0 Å². The van der Waals surface area contributed by atoms with Crippen molar-refractivity contribution in [3.8, 4) is 0 Å². The van der Waals surface area contributed by atoms with Crippen molar-refractivity contribution >= 4 is 22.4 Å². The first-order valence-corrected chi connectivity index (χ1v) is 8.44. The van der Waals surface area contributed by atoms with E-state index in [9.17, 15) is 14.0 Å². The molecule has 0 spiro atoms. The maximum Gasteiger partial charge on any atom is 0.276 e. The van der Waals surface area contributed by atoms with Gasteiger partial charge >= 0.3 is 0 Å². The van der Waals surface area contributed by atoms with Gasteiger partial charge in [0.1, 0.15) is 5.82 Å². The second-order valence-electron chi connectivity index (χ2n) is 6.71. The SMILES string of the molecule is Cc1ccc(F)c(NC(=O)c2nn(CC(C)C)c(=O)c3ccccc23)c1. The van der Waals surface area contributed by atoms with Gasteiger partial charge in [-0.25, -0.2) is 9.07 Å². The van der Waals surface area contributed by atoms with Crippen LogP contribution in [0.15, 0.2) is 47.3 Å². The minimum absolute atomic E-state index is 0.0856. The van der Waals surface area contributed by atoms with Gasteiger partial charge in [-0.2, -0.15) is 5.10 Å². The highest BCUT2D eigenvalue weighted by molar-refractivity contribution is 6.11. The number of carbonyl (C=O) groups is 1. The third-order valence-corrected chi connectivity index (χ3v) is 3.99. The lowest BCUT2D eigenvalue weighted by molar-refractivity contribution is 0.102. The molecule has 0 atom stereocenters. The maximum absolute atomic E-state index is 14.0. The molecule has 26 heavy (non-hydrogen) atoms. The second kappa shape index (κ2) is 7.07. The number of amides is 1. The highest BCUT2D eigenvalue weighted by atomic mass is 19.1. The van der Waals surface area contributed by atoms with Crippen LogP contribution < -0.4 is 10.9 Å². The molecular weight excluding hydrogens is 333 g/mol. The van der Waals surface area contributed by atoms with Crippen molar-refractivity contribution < 1.29 is 9.18 Å². The van der Waals surface area contributed by atoms with Crippen LogP contribution in [-0.2, 0) is 6.54 Å². The van der Waals surface area contributed by atoms with Gasteiger partial charge in [0.25, 0.3) is 11.5 Å². The number of aromatic nitrogens is 2. The molecule has 1 heterocycles. The molecule has 0 aliphatic rings. The summed E-state index contributed by atoms with van der Waals surface area (Å²) in [6, 6.07) is 11.3. The smallest absolute Gasteiger partial charge is 0.276 e. The summed E-state index contributed by atoms with van der Waals surface area (Å²) in [5, 5.41) is 7.69. The van der Waals surface area contributed by atoms with E-state index in [-0.39, 0.29) is 22.9 Å². The van der Waals surface area contributed by atoms with Crippen molar-refractivity contribution in [2.24, 2.45) is 5.92 Å². The van der Waals surface area contributed by atoms with Crippen molar-refractivity contribution in [1.29, 1.82) is 0 Å². The van der Waals surface area contributed by atoms with Crippen LogP contribution in [0.5, 0.6) is 0 Å². The van der Waals surface area contributed by atoms with Crippen LogP contribution in [0.1, 0.15) is 29.9 Å². The normalized spacial score (nSPS) is 11.1. The number of nitrogens with zero attached hydrogens (tertiary/aromatic N) is 2. The Morgan fingerprint density at radius 3 is 2.58 bits per heavy atom. The zero-order valence-corrected chi connectivity index (χ0v) is 14.9. The minimum Gasteiger partial charge on any atom is -0.318 e. The summed E-state index contributed by atoms with van der Waals surface area (Å²) in [4.78, 5) is 25.4. The number of hydrogen-bond donors (Lipinski definition) is 1. The molecule has 3 rings (SSSR count). The monoisotopic (exact) mass is 353 g/mol. The van der Waals surface area contributed by atoms with E-state index in [1.807, 2.05) is 20.8 Å². The fraction of sp³-hybridized carbons (Fsp3) is 0.250. The van der Waals surface area contributed by atoms with Crippen molar-refractivity contribution in [2.45, 2.75) is 27.3 Å². The van der Waals surface area contributed by atoms with Gasteiger partial charge in [0.05, 0.1) is 11.1 Å². The van der Waals surface area contributed by atoms with E-state index in [1.165, 1.54) is 10.7 Å². The molecule has 0 saturated heterocycles. The number of aryl methyl sites for hydroxylation is 1.